The van der Waals surface area contributed by atoms with E-state index >= 15 is 0 Å². The van der Waals surface area contributed by atoms with Crippen molar-refractivity contribution in [2.45, 2.75) is 37.0 Å². The molecular weight excluding hydrogens is 196 g/mol. The van der Waals surface area contributed by atoms with Crippen LogP contribution in [0.5, 0.6) is 0 Å². The summed E-state index contributed by atoms with van der Waals surface area (Å²) < 4.78 is 0.164. The zero-order valence-corrected chi connectivity index (χ0v) is 9.91. The zero-order chi connectivity index (χ0) is 10.4. The molecule has 1 spiro atoms. The third kappa shape index (κ3) is 1.65. The smallest absolute Gasteiger partial charge is 0.244 e. The average molecular weight is 214 g/mol. The van der Waals surface area contributed by atoms with E-state index in [4.69, 9.17) is 0 Å². The van der Waals surface area contributed by atoms with Crippen LogP contribution in [0.25, 0.3) is 0 Å². The Labute approximate surface area is 89.6 Å². The van der Waals surface area contributed by atoms with E-state index in [1.807, 2.05) is 16.7 Å². The van der Waals surface area contributed by atoms with Crippen molar-refractivity contribution < 1.29 is 4.79 Å². The molecule has 1 aliphatic carbocycles. The number of hydrogen-bond acceptors (Lipinski definition) is 3. The summed E-state index contributed by atoms with van der Waals surface area (Å²) >= 11 is 1.81. The van der Waals surface area contributed by atoms with Crippen molar-refractivity contribution in [1.82, 2.24) is 10.2 Å². The lowest BCUT2D eigenvalue weighted by Gasteiger charge is -2.28. The molecule has 0 bridgehead atoms. The molecule has 1 aliphatic heterocycles. The van der Waals surface area contributed by atoms with Gasteiger partial charge in [0, 0.05) is 11.3 Å². The summed E-state index contributed by atoms with van der Waals surface area (Å²) in [5.41, 5.74) is -0.130. The van der Waals surface area contributed by atoms with Gasteiger partial charge in [-0.05, 0) is 32.9 Å². The zero-order valence-electron chi connectivity index (χ0n) is 9.09. The van der Waals surface area contributed by atoms with Gasteiger partial charge < -0.3 is 4.90 Å². The number of amides is 1. The molecule has 0 atom stereocenters. The maximum Gasteiger partial charge on any atom is 0.244 e. The van der Waals surface area contributed by atoms with Gasteiger partial charge in [-0.25, -0.2) is 0 Å². The van der Waals surface area contributed by atoms with Crippen LogP contribution in [0.2, 0.25) is 0 Å². The van der Waals surface area contributed by atoms with Crippen molar-refractivity contribution in [2.75, 3.05) is 19.5 Å². The number of nitrogens with one attached hydrogen (secondary N) is 1. The van der Waals surface area contributed by atoms with Crippen molar-refractivity contribution in [3.63, 3.8) is 0 Å². The van der Waals surface area contributed by atoms with Gasteiger partial charge in [0.05, 0.1) is 12.2 Å². The van der Waals surface area contributed by atoms with E-state index in [1.54, 1.807) is 0 Å². The molecule has 0 radical (unpaired) electrons. The monoisotopic (exact) mass is 214 g/mol. The molecule has 1 saturated carbocycles. The van der Waals surface area contributed by atoms with E-state index in [9.17, 15) is 4.79 Å². The van der Waals surface area contributed by atoms with Crippen LogP contribution in [-0.4, -0.2) is 40.6 Å². The Hall–Kier alpha value is -0.220. The van der Waals surface area contributed by atoms with Crippen molar-refractivity contribution in [3.05, 3.63) is 0 Å². The minimum absolute atomic E-state index is 0.130. The second-order valence-corrected chi connectivity index (χ2v) is 6.40. The molecule has 1 amide bonds. The molecule has 1 heterocycles. The van der Waals surface area contributed by atoms with Gasteiger partial charge in [-0.1, -0.05) is 0 Å². The summed E-state index contributed by atoms with van der Waals surface area (Å²) in [7, 11) is 0. The summed E-state index contributed by atoms with van der Waals surface area (Å²) in [6.45, 7) is 5.95. The predicted octanol–water partition coefficient (Wildman–Crippen LogP) is 1.05. The van der Waals surface area contributed by atoms with Crippen LogP contribution >= 0.6 is 11.8 Å². The molecule has 3 nitrogen and oxygen atoms in total. The summed E-state index contributed by atoms with van der Waals surface area (Å²) in [5, 5.41) is 3.32. The van der Waals surface area contributed by atoms with E-state index in [-0.39, 0.29) is 10.3 Å². The number of rotatable bonds is 3. The highest BCUT2D eigenvalue weighted by atomic mass is 32.2. The largest absolute Gasteiger partial charge is 0.327 e. The topological polar surface area (TPSA) is 32.3 Å². The van der Waals surface area contributed by atoms with Gasteiger partial charge in [-0.2, -0.15) is 11.8 Å². The van der Waals surface area contributed by atoms with E-state index in [0.717, 1.165) is 26.1 Å². The van der Waals surface area contributed by atoms with Gasteiger partial charge in [0.1, 0.15) is 0 Å². The molecule has 80 valence electrons. The van der Waals surface area contributed by atoms with Crippen molar-refractivity contribution in [2.24, 2.45) is 0 Å². The predicted molar refractivity (Wildman–Crippen MR) is 59.3 cm³/mol. The van der Waals surface area contributed by atoms with Crippen molar-refractivity contribution in [3.8, 4) is 0 Å². The minimum atomic E-state index is -0.130. The number of hydrogen-bond donors (Lipinski definition) is 1. The van der Waals surface area contributed by atoms with Gasteiger partial charge >= 0.3 is 0 Å². The highest BCUT2D eigenvalue weighted by Gasteiger charge is 2.55. The van der Waals surface area contributed by atoms with Gasteiger partial charge in [0.25, 0.3) is 0 Å². The molecule has 0 aromatic heterocycles. The highest BCUT2D eigenvalue weighted by molar-refractivity contribution is 7.99. The Morgan fingerprint density at radius 3 is 2.64 bits per heavy atom. The lowest BCUT2D eigenvalue weighted by atomic mass is 10.2. The maximum absolute atomic E-state index is 11.9. The van der Waals surface area contributed by atoms with Crippen molar-refractivity contribution >= 4 is 17.7 Å². The fourth-order valence-corrected chi connectivity index (χ4v) is 2.15. The quantitative estimate of drug-likeness (QED) is 0.762. The van der Waals surface area contributed by atoms with Crippen LogP contribution < -0.4 is 5.32 Å². The maximum atomic E-state index is 11.9. The fraction of sp³-hybridized carbons (Fsp3) is 0.900. The molecule has 1 N–H and O–H groups in total. The number of carbonyl (C=O) groups excluding carboxylic acids is 1. The van der Waals surface area contributed by atoms with E-state index < -0.39 is 0 Å². The minimum Gasteiger partial charge on any atom is -0.327 e. The third-order valence-electron chi connectivity index (χ3n) is 3.18. The molecule has 2 rings (SSSR count). The molecular formula is C10H18N2OS. The Morgan fingerprint density at radius 1 is 1.57 bits per heavy atom. The van der Waals surface area contributed by atoms with Gasteiger partial charge in [-0.15, -0.1) is 0 Å². The molecule has 0 aromatic carbocycles. The van der Waals surface area contributed by atoms with Crippen LogP contribution in [0, 0.1) is 0 Å². The van der Waals surface area contributed by atoms with Gasteiger partial charge in [0.2, 0.25) is 5.91 Å². The first-order valence-electron chi connectivity index (χ1n) is 5.09. The van der Waals surface area contributed by atoms with E-state index in [0.29, 0.717) is 5.91 Å². The summed E-state index contributed by atoms with van der Waals surface area (Å²) in [6, 6.07) is 0. The number of thioether (sulfide) groups is 1. The van der Waals surface area contributed by atoms with E-state index in [2.05, 4.69) is 25.4 Å². The van der Waals surface area contributed by atoms with Crippen LogP contribution in [0.15, 0.2) is 0 Å². The first-order chi connectivity index (χ1) is 6.49. The first kappa shape index (κ1) is 10.3. The second-order valence-electron chi connectivity index (χ2n) is 4.88. The Kier molecular flexibility index (Phi) is 2.31. The first-order valence-corrected chi connectivity index (χ1v) is 6.31. The summed E-state index contributed by atoms with van der Waals surface area (Å²) in [4.78, 5) is 13.9. The Bertz CT molecular complexity index is 261. The molecule has 2 fully saturated rings. The average Bonchev–Trinajstić information content (AvgIpc) is 2.86. The molecule has 14 heavy (non-hydrogen) atoms. The Balaban J connectivity index is 1.97. The summed E-state index contributed by atoms with van der Waals surface area (Å²) in [5.74, 6) is 0.319. The molecule has 0 aromatic rings. The lowest BCUT2D eigenvalue weighted by Crippen LogP contribution is -2.39. The third-order valence-corrected chi connectivity index (χ3v) is 4.41. The second kappa shape index (κ2) is 3.14. The van der Waals surface area contributed by atoms with Crippen LogP contribution in [0.1, 0.15) is 26.7 Å². The van der Waals surface area contributed by atoms with Gasteiger partial charge in [-0.3, -0.25) is 10.1 Å². The normalized spacial score (nSPS) is 24.8. The molecule has 1 saturated heterocycles. The van der Waals surface area contributed by atoms with Crippen molar-refractivity contribution in [1.29, 1.82) is 0 Å². The standard InChI is InChI=1S/C10H18N2OS/c1-9(2,14-3)6-12-7-11-10(4-5-10)8(12)13/h11H,4-7H2,1-3H3. The number of nitrogens with zero attached hydrogens (tertiary/aromatic N) is 1. The van der Waals surface area contributed by atoms with Crippen LogP contribution in [-0.2, 0) is 4.79 Å². The summed E-state index contributed by atoms with van der Waals surface area (Å²) in [6.07, 6.45) is 4.16. The molecule has 0 unspecified atom stereocenters. The van der Waals surface area contributed by atoms with E-state index in [1.165, 1.54) is 0 Å². The molecule has 2 aliphatic rings. The van der Waals surface area contributed by atoms with Gasteiger partial charge in [0.15, 0.2) is 0 Å². The molecule has 4 heteroatoms. The van der Waals surface area contributed by atoms with Crippen LogP contribution in [0.3, 0.4) is 0 Å². The SMILES string of the molecule is CSC(C)(C)CN1CNC2(CC2)C1=O. The fourth-order valence-electron chi connectivity index (χ4n) is 1.86. The highest BCUT2D eigenvalue weighted by Crippen LogP contribution is 2.40. The Morgan fingerprint density at radius 2 is 2.21 bits per heavy atom. The lowest BCUT2D eigenvalue weighted by molar-refractivity contribution is -0.129. The van der Waals surface area contributed by atoms with Crippen LogP contribution in [0.4, 0.5) is 0 Å². The number of carbonyl (C=O) groups is 1.